The summed E-state index contributed by atoms with van der Waals surface area (Å²) < 4.78 is 5.19. The number of rotatable bonds is 8. The van der Waals surface area contributed by atoms with Crippen molar-refractivity contribution in [2.45, 2.75) is 33.2 Å². The number of hydrogen-bond acceptors (Lipinski definition) is 4. The van der Waals surface area contributed by atoms with Crippen LogP contribution in [0.1, 0.15) is 36.2 Å². The highest BCUT2D eigenvalue weighted by Gasteiger charge is 2.15. The zero-order chi connectivity index (χ0) is 15.8. The van der Waals surface area contributed by atoms with Crippen LogP contribution in [0.3, 0.4) is 0 Å². The maximum atomic E-state index is 12.3. The summed E-state index contributed by atoms with van der Waals surface area (Å²) in [5.74, 6) is 0.801. The summed E-state index contributed by atoms with van der Waals surface area (Å²) in [4.78, 5) is 23.0. The van der Waals surface area contributed by atoms with E-state index in [1.54, 1.807) is 13.2 Å². The Labute approximate surface area is 126 Å². The summed E-state index contributed by atoms with van der Waals surface area (Å²) in [7, 11) is 1.61. The van der Waals surface area contributed by atoms with Gasteiger partial charge >= 0.3 is 0 Å². The van der Waals surface area contributed by atoms with Gasteiger partial charge in [0.15, 0.2) is 5.78 Å². The number of amides is 1. The van der Waals surface area contributed by atoms with Gasteiger partial charge in [0.2, 0.25) is 5.91 Å². The molecule has 1 rings (SSSR count). The van der Waals surface area contributed by atoms with Crippen LogP contribution in [-0.4, -0.2) is 37.9 Å². The molecule has 116 valence electrons. The third kappa shape index (κ3) is 5.55. The first-order valence-electron chi connectivity index (χ1n) is 7.12. The van der Waals surface area contributed by atoms with Gasteiger partial charge in [-0.15, -0.1) is 0 Å². The van der Waals surface area contributed by atoms with Gasteiger partial charge in [0.25, 0.3) is 0 Å². The lowest BCUT2D eigenvalue weighted by Crippen LogP contribution is -2.36. The topological polar surface area (TPSA) is 67.4 Å². The lowest BCUT2D eigenvalue weighted by Gasteiger charge is -2.14. The first-order chi connectivity index (χ1) is 9.95. The van der Waals surface area contributed by atoms with E-state index >= 15 is 0 Å². The van der Waals surface area contributed by atoms with Crippen molar-refractivity contribution in [1.82, 2.24) is 10.6 Å². The van der Waals surface area contributed by atoms with Crippen molar-refractivity contribution < 1.29 is 14.3 Å². The van der Waals surface area contributed by atoms with Crippen molar-refractivity contribution in [2.24, 2.45) is 0 Å². The van der Waals surface area contributed by atoms with Crippen LogP contribution in [0, 0.1) is 6.92 Å². The Morgan fingerprint density at radius 3 is 2.57 bits per heavy atom. The van der Waals surface area contributed by atoms with Crippen LogP contribution in [0.15, 0.2) is 18.2 Å². The second kappa shape index (κ2) is 8.42. The van der Waals surface area contributed by atoms with E-state index in [1.165, 1.54) is 6.92 Å². The van der Waals surface area contributed by atoms with E-state index in [4.69, 9.17) is 4.74 Å². The van der Waals surface area contributed by atoms with Crippen LogP contribution >= 0.6 is 0 Å². The molecule has 0 heterocycles. The van der Waals surface area contributed by atoms with Crippen LogP contribution < -0.4 is 15.4 Å². The van der Waals surface area contributed by atoms with Gasteiger partial charge in [0.1, 0.15) is 5.75 Å². The van der Waals surface area contributed by atoms with Crippen LogP contribution in [0.2, 0.25) is 0 Å². The van der Waals surface area contributed by atoms with Gasteiger partial charge in [0.05, 0.1) is 13.2 Å². The molecule has 0 aromatic heterocycles. The van der Waals surface area contributed by atoms with E-state index in [9.17, 15) is 9.59 Å². The standard InChI is InChI=1S/C16H24N2O3/c1-11-10-14(6-7-15(11)21-4)16(20)12(2)17-8-5-9-18-13(3)19/h6-7,10,12,17H,5,8-9H2,1-4H3,(H,18,19). The summed E-state index contributed by atoms with van der Waals surface area (Å²) in [6.45, 7) is 6.56. The van der Waals surface area contributed by atoms with Crippen molar-refractivity contribution in [3.63, 3.8) is 0 Å². The van der Waals surface area contributed by atoms with Crippen molar-refractivity contribution in [2.75, 3.05) is 20.2 Å². The summed E-state index contributed by atoms with van der Waals surface area (Å²) in [5.41, 5.74) is 1.62. The lowest BCUT2D eigenvalue weighted by molar-refractivity contribution is -0.118. The molecule has 1 unspecified atom stereocenters. The van der Waals surface area contributed by atoms with Gasteiger partial charge in [-0.1, -0.05) is 0 Å². The number of carbonyl (C=O) groups is 2. The molecule has 21 heavy (non-hydrogen) atoms. The Balaban J connectivity index is 2.47. The van der Waals surface area contributed by atoms with Crippen LogP contribution in [0.4, 0.5) is 0 Å². The van der Waals surface area contributed by atoms with E-state index in [-0.39, 0.29) is 17.7 Å². The zero-order valence-electron chi connectivity index (χ0n) is 13.2. The number of benzene rings is 1. The number of methoxy groups -OCH3 is 1. The Morgan fingerprint density at radius 1 is 1.29 bits per heavy atom. The minimum Gasteiger partial charge on any atom is -0.496 e. The molecule has 0 saturated carbocycles. The maximum Gasteiger partial charge on any atom is 0.216 e. The van der Waals surface area contributed by atoms with E-state index < -0.39 is 0 Å². The zero-order valence-corrected chi connectivity index (χ0v) is 13.2. The quantitative estimate of drug-likeness (QED) is 0.565. The highest BCUT2D eigenvalue weighted by atomic mass is 16.5. The molecule has 0 radical (unpaired) electrons. The molecular formula is C16H24N2O3. The molecule has 0 fully saturated rings. The Morgan fingerprint density at radius 2 is 2.00 bits per heavy atom. The van der Waals surface area contributed by atoms with Gasteiger partial charge in [-0.3, -0.25) is 9.59 Å². The average Bonchev–Trinajstić information content (AvgIpc) is 2.45. The molecule has 0 aliphatic heterocycles. The Kier molecular flexibility index (Phi) is 6.88. The van der Waals surface area contributed by atoms with Gasteiger partial charge in [-0.25, -0.2) is 0 Å². The van der Waals surface area contributed by atoms with Crippen molar-refractivity contribution in [3.05, 3.63) is 29.3 Å². The van der Waals surface area contributed by atoms with Gasteiger partial charge in [-0.05, 0) is 50.6 Å². The van der Waals surface area contributed by atoms with E-state index in [2.05, 4.69) is 10.6 Å². The Bertz CT molecular complexity index is 500. The fraction of sp³-hybridized carbons (Fsp3) is 0.500. The van der Waals surface area contributed by atoms with E-state index in [1.807, 2.05) is 26.0 Å². The smallest absolute Gasteiger partial charge is 0.216 e. The van der Waals surface area contributed by atoms with Gasteiger partial charge in [-0.2, -0.15) is 0 Å². The second-order valence-electron chi connectivity index (χ2n) is 5.06. The number of Topliss-reactive ketones (excluding diaryl/α,β-unsaturated/α-hetero) is 1. The number of hydrogen-bond donors (Lipinski definition) is 2. The third-order valence-corrected chi connectivity index (χ3v) is 3.25. The normalized spacial score (nSPS) is 11.8. The lowest BCUT2D eigenvalue weighted by atomic mass is 10.0. The fourth-order valence-corrected chi connectivity index (χ4v) is 2.05. The van der Waals surface area contributed by atoms with E-state index in [0.717, 1.165) is 17.7 Å². The molecule has 0 saturated heterocycles. The van der Waals surface area contributed by atoms with E-state index in [0.29, 0.717) is 18.7 Å². The molecule has 0 spiro atoms. The van der Waals surface area contributed by atoms with Gasteiger partial charge < -0.3 is 15.4 Å². The van der Waals surface area contributed by atoms with Crippen molar-refractivity contribution in [1.29, 1.82) is 0 Å². The molecule has 5 heteroatoms. The molecule has 1 aromatic carbocycles. The summed E-state index contributed by atoms with van der Waals surface area (Å²) in [5, 5.41) is 5.89. The second-order valence-corrected chi connectivity index (χ2v) is 5.06. The molecule has 1 amide bonds. The minimum absolute atomic E-state index is 0.0344. The molecular weight excluding hydrogens is 268 g/mol. The highest BCUT2D eigenvalue weighted by Crippen LogP contribution is 2.19. The molecule has 1 aromatic rings. The van der Waals surface area contributed by atoms with Crippen molar-refractivity contribution in [3.8, 4) is 5.75 Å². The number of ether oxygens (including phenoxy) is 1. The molecule has 0 bridgehead atoms. The molecule has 0 aliphatic rings. The molecule has 5 nitrogen and oxygen atoms in total. The highest BCUT2D eigenvalue weighted by molar-refractivity contribution is 6.00. The van der Waals surface area contributed by atoms with Gasteiger partial charge in [0, 0.05) is 19.0 Å². The first kappa shape index (κ1) is 17.2. The van der Waals surface area contributed by atoms with Crippen LogP contribution in [0.5, 0.6) is 5.75 Å². The number of aryl methyl sites for hydroxylation is 1. The monoisotopic (exact) mass is 292 g/mol. The largest absolute Gasteiger partial charge is 0.496 e. The molecule has 1 atom stereocenters. The summed E-state index contributed by atoms with van der Waals surface area (Å²) in [6.07, 6.45) is 0.791. The number of carbonyl (C=O) groups excluding carboxylic acids is 2. The SMILES string of the molecule is COc1ccc(C(=O)C(C)NCCCNC(C)=O)cc1C. The van der Waals surface area contributed by atoms with Crippen molar-refractivity contribution >= 4 is 11.7 Å². The number of ketones is 1. The summed E-state index contributed by atoms with van der Waals surface area (Å²) in [6, 6.07) is 5.18. The molecule has 0 aliphatic carbocycles. The maximum absolute atomic E-state index is 12.3. The predicted molar refractivity (Wildman–Crippen MR) is 82.8 cm³/mol. The van der Waals surface area contributed by atoms with Crippen LogP contribution in [-0.2, 0) is 4.79 Å². The fourth-order valence-electron chi connectivity index (χ4n) is 2.05. The van der Waals surface area contributed by atoms with Crippen LogP contribution in [0.25, 0.3) is 0 Å². The average molecular weight is 292 g/mol. The third-order valence-electron chi connectivity index (χ3n) is 3.25. The Hall–Kier alpha value is -1.88. The predicted octanol–water partition coefficient (Wildman–Crippen LogP) is 1.69. The first-order valence-corrected chi connectivity index (χ1v) is 7.12. The summed E-state index contributed by atoms with van der Waals surface area (Å²) >= 11 is 0. The number of nitrogens with one attached hydrogen (secondary N) is 2. The minimum atomic E-state index is -0.255. The molecule has 2 N–H and O–H groups in total.